The van der Waals surface area contributed by atoms with Crippen LogP contribution in [0, 0.1) is 12.1 Å². The summed E-state index contributed by atoms with van der Waals surface area (Å²) in [5, 5.41) is 12.5. The molecule has 0 spiro atoms. The van der Waals surface area contributed by atoms with Crippen molar-refractivity contribution in [1.29, 1.82) is 0 Å². The number of benzene rings is 2. The molecular weight excluding hydrogens is 384 g/mol. The maximum absolute atomic E-state index is 12.5. The molecule has 152 valence electrons. The summed E-state index contributed by atoms with van der Waals surface area (Å²) >= 11 is 0. The van der Waals surface area contributed by atoms with Crippen LogP contribution in [-0.4, -0.2) is 18.3 Å². The highest BCUT2D eigenvalue weighted by Gasteiger charge is 2.27. The number of hydrogen-bond donors (Lipinski definition) is 1. The predicted octanol–water partition coefficient (Wildman–Crippen LogP) is 2.86. The molecule has 0 saturated carbocycles. The van der Waals surface area contributed by atoms with E-state index in [9.17, 15) is 14.8 Å². The van der Waals surface area contributed by atoms with Crippen molar-refractivity contribution >= 4 is 11.7 Å². The third kappa shape index (κ3) is 3.57. The van der Waals surface area contributed by atoms with Crippen LogP contribution in [0.1, 0.15) is 50.1 Å². The number of hydrogen-bond acceptors (Lipinski definition) is 5. The van der Waals surface area contributed by atoms with Crippen molar-refractivity contribution in [3.8, 4) is 11.5 Å². The molecule has 0 fully saturated rings. The van der Waals surface area contributed by atoms with E-state index in [1.54, 1.807) is 54.6 Å². The van der Waals surface area contributed by atoms with E-state index >= 15 is 0 Å². The average molecular weight is 404 g/mol. The lowest BCUT2D eigenvalue weighted by molar-refractivity contribution is -0.617. The molecule has 1 unspecified atom stereocenters. The first-order valence-corrected chi connectivity index (χ1v) is 9.50. The zero-order valence-electron chi connectivity index (χ0n) is 16.3. The molecule has 4 rings (SSSR count). The molecule has 1 aliphatic heterocycles. The highest BCUT2D eigenvalue weighted by molar-refractivity contribution is 6.00. The first-order chi connectivity index (χ1) is 14.5. The third-order valence-corrected chi connectivity index (χ3v) is 5.10. The number of amides is 1. The molecule has 2 aromatic carbocycles. The Morgan fingerprint density at radius 1 is 1.17 bits per heavy atom. The lowest BCUT2D eigenvalue weighted by Crippen LogP contribution is -2.34. The number of ketones is 1. The Labute approximate surface area is 173 Å². The molecule has 2 N–H and O–H groups in total. The molecule has 0 bridgehead atoms. The Morgan fingerprint density at radius 3 is 2.63 bits per heavy atom. The molecular formula is C23H20N2O5. The molecule has 3 aromatic rings. The first kappa shape index (κ1) is 19.4. The van der Waals surface area contributed by atoms with Crippen LogP contribution in [0.15, 0.2) is 60.8 Å². The van der Waals surface area contributed by atoms with Crippen LogP contribution in [0.5, 0.6) is 11.5 Å². The average Bonchev–Trinajstić information content (AvgIpc) is 2.75. The van der Waals surface area contributed by atoms with Gasteiger partial charge in [0.25, 0.3) is 0 Å². The molecule has 1 amide bonds. The molecule has 7 nitrogen and oxygen atoms in total. The Hall–Kier alpha value is -3.87. The van der Waals surface area contributed by atoms with Gasteiger partial charge in [0, 0.05) is 35.2 Å². The van der Waals surface area contributed by atoms with E-state index in [4.69, 9.17) is 15.2 Å². The number of ether oxygens (including phenoxy) is 2. The third-order valence-electron chi connectivity index (χ3n) is 5.10. The zero-order chi connectivity index (χ0) is 21.3. The molecule has 7 heteroatoms. The second-order valence-electron chi connectivity index (χ2n) is 7.02. The van der Waals surface area contributed by atoms with Gasteiger partial charge in [0.15, 0.2) is 12.0 Å². The van der Waals surface area contributed by atoms with Gasteiger partial charge in [-0.25, -0.2) is 0 Å². The van der Waals surface area contributed by atoms with Crippen LogP contribution < -0.4 is 19.9 Å². The van der Waals surface area contributed by atoms with Crippen molar-refractivity contribution in [2.75, 3.05) is 6.61 Å². The van der Waals surface area contributed by atoms with Gasteiger partial charge in [-0.2, -0.15) is 4.73 Å². The summed E-state index contributed by atoms with van der Waals surface area (Å²) in [6.45, 7) is 2.14. The van der Waals surface area contributed by atoms with E-state index in [1.807, 2.05) is 6.92 Å². The topological polar surface area (TPSA) is 106 Å². The summed E-state index contributed by atoms with van der Waals surface area (Å²) in [6, 6.07) is 15.0. The fourth-order valence-electron chi connectivity index (χ4n) is 3.48. The fraction of sp³-hybridized carbons (Fsp3) is 0.174. The number of pyridine rings is 1. The Balaban J connectivity index is 1.77. The minimum Gasteiger partial charge on any atom is -0.618 e. The largest absolute Gasteiger partial charge is 0.618 e. The van der Waals surface area contributed by atoms with Crippen molar-refractivity contribution in [3.63, 3.8) is 0 Å². The van der Waals surface area contributed by atoms with Gasteiger partial charge in [-0.05, 0) is 37.3 Å². The number of fused-ring (bicyclic) bond motifs is 1. The number of aromatic nitrogens is 1. The fourth-order valence-corrected chi connectivity index (χ4v) is 3.48. The number of carbonyl (C=O) groups excluding carboxylic acids is 2. The number of primary amides is 1. The van der Waals surface area contributed by atoms with Gasteiger partial charge in [0.05, 0.1) is 12.2 Å². The van der Waals surface area contributed by atoms with Crippen LogP contribution in [-0.2, 0) is 0 Å². The standard InChI is InChI=1S/C23H20N2O5/c1-14-20(10-9-17-19(26)11-13-29-21(14)17)30-22(18-4-2-3-12-25(18)28)15-5-7-16(8-6-15)23(24)27/h2-10,12,22H,11,13H2,1H3,(H2,24,27). The summed E-state index contributed by atoms with van der Waals surface area (Å²) in [4.78, 5) is 23.5. The van der Waals surface area contributed by atoms with Crippen LogP contribution in [0.25, 0.3) is 0 Å². The molecule has 1 aromatic heterocycles. The molecule has 1 atom stereocenters. The van der Waals surface area contributed by atoms with Gasteiger partial charge in [-0.3, -0.25) is 9.59 Å². The minimum absolute atomic E-state index is 0.0324. The number of nitrogens with zero attached hydrogens (tertiary/aromatic N) is 1. The lowest BCUT2D eigenvalue weighted by Gasteiger charge is -2.23. The number of nitrogens with two attached hydrogens (primary N) is 1. The molecule has 1 aliphatic rings. The monoisotopic (exact) mass is 404 g/mol. The van der Waals surface area contributed by atoms with Crippen molar-refractivity contribution < 1.29 is 23.8 Å². The Morgan fingerprint density at radius 2 is 1.93 bits per heavy atom. The first-order valence-electron chi connectivity index (χ1n) is 9.50. The second kappa shape index (κ2) is 7.87. The normalized spacial score (nSPS) is 13.8. The van der Waals surface area contributed by atoms with E-state index < -0.39 is 12.0 Å². The Bertz CT molecular complexity index is 1120. The van der Waals surface area contributed by atoms with Crippen LogP contribution in [0.4, 0.5) is 0 Å². The van der Waals surface area contributed by atoms with Crippen molar-refractivity contribution in [1.82, 2.24) is 0 Å². The number of carbonyl (C=O) groups is 2. The van der Waals surface area contributed by atoms with Crippen molar-refractivity contribution in [2.24, 2.45) is 5.73 Å². The molecule has 0 radical (unpaired) electrons. The number of Topliss-reactive ketones (excluding diaryl/α,β-unsaturated/α-hetero) is 1. The number of rotatable bonds is 5. The summed E-state index contributed by atoms with van der Waals surface area (Å²) in [7, 11) is 0. The highest BCUT2D eigenvalue weighted by Crippen LogP contribution is 2.37. The highest BCUT2D eigenvalue weighted by atomic mass is 16.5. The maximum atomic E-state index is 12.5. The summed E-state index contributed by atoms with van der Waals surface area (Å²) in [5.74, 6) is 0.501. The van der Waals surface area contributed by atoms with Gasteiger partial charge in [-0.1, -0.05) is 12.1 Å². The van der Waals surface area contributed by atoms with Gasteiger partial charge in [0.1, 0.15) is 11.5 Å². The molecule has 0 saturated heterocycles. The van der Waals surface area contributed by atoms with E-state index in [-0.39, 0.29) is 5.78 Å². The SMILES string of the molecule is Cc1c(OC(c2ccc(C(N)=O)cc2)c2cccc[n+]2[O-])ccc2c1OCCC2=O. The second-order valence-corrected chi connectivity index (χ2v) is 7.02. The van der Waals surface area contributed by atoms with E-state index in [1.165, 1.54) is 6.20 Å². The minimum atomic E-state index is -0.748. The molecule has 0 aliphatic carbocycles. The summed E-state index contributed by atoms with van der Waals surface area (Å²) < 4.78 is 12.7. The van der Waals surface area contributed by atoms with Crippen molar-refractivity contribution in [2.45, 2.75) is 19.4 Å². The van der Waals surface area contributed by atoms with E-state index in [0.717, 1.165) is 4.73 Å². The molecule has 2 heterocycles. The van der Waals surface area contributed by atoms with Gasteiger partial charge in [-0.15, -0.1) is 0 Å². The summed E-state index contributed by atoms with van der Waals surface area (Å²) in [6.07, 6.45) is 0.994. The smallest absolute Gasteiger partial charge is 0.248 e. The maximum Gasteiger partial charge on any atom is 0.248 e. The molecule has 30 heavy (non-hydrogen) atoms. The summed E-state index contributed by atoms with van der Waals surface area (Å²) in [5.41, 5.74) is 7.95. The van der Waals surface area contributed by atoms with E-state index in [2.05, 4.69) is 0 Å². The van der Waals surface area contributed by atoms with Gasteiger partial charge < -0.3 is 20.4 Å². The van der Waals surface area contributed by atoms with Crippen LogP contribution in [0.3, 0.4) is 0 Å². The zero-order valence-corrected chi connectivity index (χ0v) is 16.3. The predicted molar refractivity (Wildman–Crippen MR) is 108 cm³/mol. The van der Waals surface area contributed by atoms with Gasteiger partial charge in [0.2, 0.25) is 17.7 Å². The quantitative estimate of drug-likeness (QED) is 0.520. The Kier molecular flexibility index (Phi) is 5.10. The van der Waals surface area contributed by atoms with Crippen LogP contribution in [0.2, 0.25) is 0 Å². The lowest BCUT2D eigenvalue weighted by atomic mass is 10.0. The van der Waals surface area contributed by atoms with Crippen molar-refractivity contribution in [3.05, 3.63) is 93.9 Å². The van der Waals surface area contributed by atoms with E-state index in [0.29, 0.717) is 52.5 Å². The van der Waals surface area contributed by atoms with Gasteiger partial charge >= 0.3 is 0 Å². The van der Waals surface area contributed by atoms with Crippen LogP contribution >= 0.6 is 0 Å².